The van der Waals surface area contributed by atoms with Gasteiger partial charge in [0.05, 0.1) is 0 Å². The van der Waals surface area contributed by atoms with E-state index in [0.717, 1.165) is 5.56 Å². The highest BCUT2D eigenvalue weighted by Gasteiger charge is 1.98. The fourth-order valence-electron chi connectivity index (χ4n) is 0.773. The summed E-state index contributed by atoms with van der Waals surface area (Å²) in [7, 11) is 0. The molecule has 0 saturated heterocycles. The first-order valence-electron chi connectivity index (χ1n) is 3.37. The van der Waals surface area contributed by atoms with Gasteiger partial charge in [-0.25, -0.2) is 0 Å². The summed E-state index contributed by atoms with van der Waals surface area (Å²) in [6, 6.07) is 8.91. The van der Waals surface area contributed by atoms with Crippen LogP contribution in [0.2, 0.25) is 0 Å². The second-order valence-electron chi connectivity index (χ2n) is 2.24. The summed E-state index contributed by atoms with van der Waals surface area (Å²) >= 11 is 0. The molecule has 0 fully saturated rings. The van der Waals surface area contributed by atoms with Crippen LogP contribution in [-0.4, -0.2) is 4.92 Å². The summed E-state index contributed by atoms with van der Waals surface area (Å²) in [6.45, 7) is 0. The third-order valence-corrected chi connectivity index (χ3v) is 1.32. The molecule has 0 spiro atoms. The Morgan fingerprint density at radius 3 is 2.50 bits per heavy atom. The lowest BCUT2D eigenvalue weighted by atomic mass is 10.2. The number of benzene rings is 1. The quantitative estimate of drug-likeness (QED) is 0.527. The molecule has 0 saturated carbocycles. The molecule has 4 heteroatoms. The Bertz CT molecular complexity index is 306. The Balaban J connectivity index is 2.89. The van der Waals surface area contributed by atoms with Crippen LogP contribution in [0.1, 0.15) is 5.56 Å². The molecular weight excluding hydrogens is 156 g/mol. The van der Waals surface area contributed by atoms with Crippen LogP contribution in [0.5, 0.6) is 0 Å². The average Bonchev–Trinajstić information content (AvgIpc) is 2.06. The Hall–Kier alpha value is -1.84. The minimum Gasteiger partial charge on any atom is -0.358 e. The van der Waals surface area contributed by atoms with Gasteiger partial charge in [0.1, 0.15) is 0 Å². The van der Waals surface area contributed by atoms with E-state index in [4.69, 9.17) is 5.73 Å². The van der Waals surface area contributed by atoms with Crippen molar-refractivity contribution in [3.8, 4) is 0 Å². The minimum absolute atomic E-state index is 0.346. The maximum absolute atomic E-state index is 10.1. The van der Waals surface area contributed by atoms with Crippen molar-refractivity contribution < 1.29 is 4.92 Å². The first kappa shape index (κ1) is 8.26. The summed E-state index contributed by atoms with van der Waals surface area (Å²) in [4.78, 5) is 9.50. The van der Waals surface area contributed by atoms with Gasteiger partial charge < -0.3 is 10.1 Å². The van der Waals surface area contributed by atoms with Crippen LogP contribution >= 0.6 is 0 Å². The van der Waals surface area contributed by atoms with Crippen LogP contribution in [0, 0.1) is 10.1 Å². The van der Waals surface area contributed by atoms with Crippen molar-refractivity contribution in [2.45, 2.75) is 0 Å². The van der Waals surface area contributed by atoms with Crippen molar-refractivity contribution in [2.75, 3.05) is 0 Å². The standard InChI is InChI=1S/C8H8N2O2/c9-8(10(11)12)6-7-4-2-1-3-5-7/h1-6H,9H2/b8-6+. The highest BCUT2D eigenvalue weighted by atomic mass is 16.6. The highest BCUT2D eigenvalue weighted by Crippen LogP contribution is 2.02. The summed E-state index contributed by atoms with van der Waals surface area (Å²) < 4.78 is 0. The molecule has 1 aromatic carbocycles. The maximum Gasteiger partial charge on any atom is 0.314 e. The lowest BCUT2D eigenvalue weighted by Crippen LogP contribution is -2.07. The van der Waals surface area contributed by atoms with Crippen molar-refractivity contribution >= 4 is 6.08 Å². The van der Waals surface area contributed by atoms with Gasteiger partial charge in [-0.1, -0.05) is 30.3 Å². The number of nitro groups is 1. The zero-order valence-corrected chi connectivity index (χ0v) is 6.31. The zero-order valence-electron chi connectivity index (χ0n) is 6.31. The normalized spacial score (nSPS) is 11.2. The molecule has 0 radical (unpaired) electrons. The molecule has 1 rings (SSSR count). The SMILES string of the molecule is N/C(=C\c1ccccc1)[N+](=O)[O-]. The van der Waals surface area contributed by atoms with Crippen LogP contribution in [0.4, 0.5) is 0 Å². The van der Waals surface area contributed by atoms with E-state index in [1.165, 1.54) is 6.08 Å². The van der Waals surface area contributed by atoms with E-state index in [2.05, 4.69) is 0 Å². The lowest BCUT2D eigenvalue weighted by molar-refractivity contribution is -0.424. The van der Waals surface area contributed by atoms with Crippen LogP contribution in [0.25, 0.3) is 6.08 Å². The molecule has 62 valence electrons. The Morgan fingerprint density at radius 1 is 1.42 bits per heavy atom. The van der Waals surface area contributed by atoms with E-state index in [-0.39, 0.29) is 5.82 Å². The molecule has 0 unspecified atom stereocenters. The zero-order chi connectivity index (χ0) is 8.97. The van der Waals surface area contributed by atoms with Crippen LogP contribution in [-0.2, 0) is 0 Å². The van der Waals surface area contributed by atoms with Gasteiger partial charge in [0, 0.05) is 6.08 Å². The van der Waals surface area contributed by atoms with E-state index in [0.29, 0.717) is 0 Å². The Morgan fingerprint density at radius 2 is 2.00 bits per heavy atom. The first-order chi connectivity index (χ1) is 5.70. The molecule has 0 amide bonds. The fourth-order valence-corrected chi connectivity index (χ4v) is 0.773. The predicted octanol–water partition coefficient (Wildman–Crippen LogP) is 1.22. The van der Waals surface area contributed by atoms with Gasteiger partial charge in [0.25, 0.3) is 0 Å². The van der Waals surface area contributed by atoms with Crippen molar-refractivity contribution in [3.05, 3.63) is 51.8 Å². The Labute approximate surface area is 69.5 Å². The summed E-state index contributed by atoms with van der Waals surface area (Å²) in [5.41, 5.74) is 5.84. The van der Waals surface area contributed by atoms with Gasteiger partial charge >= 0.3 is 5.82 Å². The Kier molecular flexibility index (Phi) is 2.42. The minimum atomic E-state index is -0.618. The fraction of sp³-hybridized carbons (Fsp3) is 0. The molecule has 0 bridgehead atoms. The van der Waals surface area contributed by atoms with Crippen molar-refractivity contribution in [1.82, 2.24) is 0 Å². The van der Waals surface area contributed by atoms with Gasteiger partial charge in [0.15, 0.2) is 0 Å². The summed E-state index contributed by atoms with van der Waals surface area (Å²) in [5.74, 6) is -0.346. The first-order valence-corrected chi connectivity index (χ1v) is 3.37. The van der Waals surface area contributed by atoms with Gasteiger partial charge in [-0.3, -0.25) is 5.73 Å². The topological polar surface area (TPSA) is 69.2 Å². The number of nitrogens with zero attached hydrogens (tertiary/aromatic N) is 1. The predicted molar refractivity (Wildman–Crippen MR) is 45.6 cm³/mol. The summed E-state index contributed by atoms with van der Waals surface area (Å²) in [6.07, 6.45) is 1.32. The van der Waals surface area contributed by atoms with E-state index >= 15 is 0 Å². The number of rotatable bonds is 2. The van der Waals surface area contributed by atoms with Crippen molar-refractivity contribution in [3.63, 3.8) is 0 Å². The molecule has 0 aliphatic carbocycles. The van der Waals surface area contributed by atoms with E-state index in [1.807, 2.05) is 6.07 Å². The van der Waals surface area contributed by atoms with Gasteiger partial charge in [0.2, 0.25) is 0 Å². The average molecular weight is 164 g/mol. The molecular formula is C8H8N2O2. The largest absolute Gasteiger partial charge is 0.358 e. The van der Waals surface area contributed by atoms with Gasteiger partial charge in [-0.15, -0.1) is 0 Å². The molecule has 12 heavy (non-hydrogen) atoms. The van der Waals surface area contributed by atoms with Gasteiger partial charge in [-0.2, -0.15) is 0 Å². The second kappa shape index (κ2) is 3.52. The lowest BCUT2D eigenvalue weighted by Gasteiger charge is -1.93. The van der Waals surface area contributed by atoms with Crippen LogP contribution in [0.15, 0.2) is 36.2 Å². The van der Waals surface area contributed by atoms with Crippen LogP contribution < -0.4 is 5.73 Å². The van der Waals surface area contributed by atoms with Crippen molar-refractivity contribution in [1.29, 1.82) is 0 Å². The van der Waals surface area contributed by atoms with E-state index in [9.17, 15) is 10.1 Å². The van der Waals surface area contributed by atoms with E-state index < -0.39 is 4.92 Å². The smallest absolute Gasteiger partial charge is 0.314 e. The third kappa shape index (κ3) is 2.09. The third-order valence-electron chi connectivity index (χ3n) is 1.32. The molecule has 0 aliphatic rings. The van der Waals surface area contributed by atoms with Crippen molar-refractivity contribution in [2.24, 2.45) is 5.73 Å². The molecule has 2 N–H and O–H groups in total. The number of hydrogen-bond donors (Lipinski definition) is 1. The molecule has 0 aliphatic heterocycles. The number of hydrogen-bond acceptors (Lipinski definition) is 3. The van der Waals surface area contributed by atoms with E-state index in [1.54, 1.807) is 24.3 Å². The highest BCUT2D eigenvalue weighted by molar-refractivity contribution is 5.49. The monoisotopic (exact) mass is 164 g/mol. The molecule has 0 aromatic heterocycles. The van der Waals surface area contributed by atoms with Crippen LogP contribution in [0.3, 0.4) is 0 Å². The second-order valence-corrected chi connectivity index (χ2v) is 2.24. The van der Waals surface area contributed by atoms with Gasteiger partial charge in [-0.05, 0) is 10.5 Å². The maximum atomic E-state index is 10.1. The molecule has 4 nitrogen and oxygen atoms in total. The number of nitrogens with two attached hydrogens (primary N) is 1. The molecule has 0 heterocycles. The molecule has 0 atom stereocenters. The summed E-state index contributed by atoms with van der Waals surface area (Å²) in [5, 5.41) is 10.1. The molecule has 1 aromatic rings.